The van der Waals surface area contributed by atoms with Crippen molar-refractivity contribution in [1.82, 2.24) is 4.98 Å². The number of nitrogens with zero attached hydrogens (tertiary/aromatic N) is 1. The van der Waals surface area contributed by atoms with Crippen LogP contribution < -0.4 is 5.32 Å². The Morgan fingerprint density at radius 1 is 1.28 bits per heavy atom. The molecular weight excluding hydrogens is 220 g/mol. The number of anilines is 1. The lowest BCUT2D eigenvalue weighted by molar-refractivity contribution is 0.212. The average Bonchev–Trinajstić information content (AvgIpc) is 2.28. The summed E-state index contributed by atoms with van der Waals surface area (Å²) in [6.45, 7) is 9.18. The van der Waals surface area contributed by atoms with E-state index in [-0.39, 0.29) is 0 Å². The predicted octanol–water partition coefficient (Wildman–Crippen LogP) is 4.26. The fraction of sp³-hybridized carbons (Fsp3) is 0.688. The number of pyridine rings is 1. The van der Waals surface area contributed by atoms with Gasteiger partial charge in [0, 0.05) is 18.4 Å². The molecule has 0 amide bonds. The molecule has 0 aliphatic heterocycles. The standard InChI is InChI=1S/C16H26N2/c1-11(2)15-6-5-12(3)8-16(15)18-14-7-13(4)9-17-10-14/h7,9-12,15-16,18H,5-6,8H2,1-4H3. The molecule has 100 valence electrons. The van der Waals surface area contributed by atoms with Gasteiger partial charge in [0.2, 0.25) is 0 Å². The minimum atomic E-state index is 0.609. The Bertz CT molecular complexity index is 386. The van der Waals surface area contributed by atoms with Gasteiger partial charge in [-0.3, -0.25) is 4.98 Å². The van der Waals surface area contributed by atoms with E-state index in [1.807, 2.05) is 12.4 Å². The van der Waals surface area contributed by atoms with E-state index in [9.17, 15) is 0 Å². The van der Waals surface area contributed by atoms with E-state index in [1.165, 1.54) is 30.5 Å². The molecule has 1 fully saturated rings. The summed E-state index contributed by atoms with van der Waals surface area (Å²) in [6.07, 6.45) is 7.89. The lowest BCUT2D eigenvalue weighted by atomic mass is 9.74. The Hall–Kier alpha value is -1.05. The van der Waals surface area contributed by atoms with Crippen molar-refractivity contribution in [2.45, 2.75) is 53.0 Å². The van der Waals surface area contributed by atoms with Crippen LogP contribution in [0.3, 0.4) is 0 Å². The first-order valence-electron chi connectivity index (χ1n) is 7.24. The topological polar surface area (TPSA) is 24.9 Å². The van der Waals surface area contributed by atoms with Gasteiger partial charge in [0.25, 0.3) is 0 Å². The molecule has 3 unspecified atom stereocenters. The lowest BCUT2D eigenvalue weighted by Crippen LogP contribution is -2.37. The molecule has 1 aromatic heterocycles. The molecule has 1 saturated carbocycles. The van der Waals surface area contributed by atoms with Gasteiger partial charge >= 0.3 is 0 Å². The summed E-state index contributed by atoms with van der Waals surface area (Å²) in [6, 6.07) is 2.81. The summed E-state index contributed by atoms with van der Waals surface area (Å²) >= 11 is 0. The normalized spacial score (nSPS) is 28.4. The molecule has 2 rings (SSSR count). The number of aromatic nitrogens is 1. The molecule has 1 aliphatic carbocycles. The molecule has 2 nitrogen and oxygen atoms in total. The van der Waals surface area contributed by atoms with Crippen LogP contribution in [0.25, 0.3) is 0 Å². The Morgan fingerprint density at radius 2 is 2.06 bits per heavy atom. The molecule has 3 atom stereocenters. The van der Waals surface area contributed by atoms with E-state index in [0.717, 1.165) is 17.8 Å². The summed E-state index contributed by atoms with van der Waals surface area (Å²) < 4.78 is 0. The van der Waals surface area contributed by atoms with E-state index in [2.05, 4.69) is 44.1 Å². The quantitative estimate of drug-likeness (QED) is 0.862. The maximum absolute atomic E-state index is 4.28. The van der Waals surface area contributed by atoms with Gasteiger partial charge in [0.05, 0.1) is 5.69 Å². The van der Waals surface area contributed by atoms with Gasteiger partial charge in [-0.1, -0.05) is 27.2 Å². The van der Waals surface area contributed by atoms with E-state index in [0.29, 0.717) is 6.04 Å². The molecule has 0 radical (unpaired) electrons. The highest BCUT2D eigenvalue weighted by molar-refractivity contribution is 5.43. The van der Waals surface area contributed by atoms with E-state index in [1.54, 1.807) is 0 Å². The SMILES string of the molecule is Cc1cncc(NC2CC(C)CCC2C(C)C)c1. The maximum Gasteiger partial charge on any atom is 0.0531 e. The summed E-state index contributed by atoms with van der Waals surface area (Å²) in [5.41, 5.74) is 2.41. The van der Waals surface area contributed by atoms with Crippen LogP contribution in [0.15, 0.2) is 18.5 Å². The third-order valence-electron chi connectivity index (χ3n) is 4.25. The van der Waals surface area contributed by atoms with Crippen molar-refractivity contribution in [3.63, 3.8) is 0 Å². The molecule has 1 N–H and O–H groups in total. The molecule has 18 heavy (non-hydrogen) atoms. The number of nitrogens with one attached hydrogen (secondary N) is 1. The van der Waals surface area contributed by atoms with Gasteiger partial charge in [-0.25, -0.2) is 0 Å². The number of aryl methyl sites for hydroxylation is 1. The maximum atomic E-state index is 4.28. The fourth-order valence-electron chi connectivity index (χ4n) is 3.22. The van der Waals surface area contributed by atoms with Crippen molar-refractivity contribution in [2.75, 3.05) is 5.32 Å². The van der Waals surface area contributed by atoms with Crippen LogP contribution >= 0.6 is 0 Å². The summed E-state index contributed by atoms with van der Waals surface area (Å²) in [5.74, 6) is 2.39. The van der Waals surface area contributed by atoms with Crippen molar-refractivity contribution in [1.29, 1.82) is 0 Å². The second-order valence-corrected chi connectivity index (χ2v) is 6.33. The molecule has 2 heteroatoms. The van der Waals surface area contributed by atoms with Crippen LogP contribution in [0.5, 0.6) is 0 Å². The second kappa shape index (κ2) is 5.73. The van der Waals surface area contributed by atoms with Crippen LogP contribution in [-0.4, -0.2) is 11.0 Å². The Morgan fingerprint density at radius 3 is 2.72 bits per heavy atom. The van der Waals surface area contributed by atoms with Gasteiger partial charge in [-0.2, -0.15) is 0 Å². The van der Waals surface area contributed by atoms with E-state index >= 15 is 0 Å². The Labute approximate surface area is 111 Å². The zero-order valence-corrected chi connectivity index (χ0v) is 12.1. The minimum absolute atomic E-state index is 0.609. The zero-order chi connectivity index (χ0) is 13.1. The molecule has 1 aromatic rings. The van der Waals surface area contributed by atoms with Crippen molar-refractivity contribution < 1.29 is 0 Å². The fourth-order valence-corrected chi connectivity index (χ4v) is 3.22. The Balaban J connectivity index is 2.08. The van der Waals surface area contributed by atoms with Gasteiger partial charge < -0.3 is 5.32 Å². The number of hydrogen-bond acceptors (Lipinski definition) is 2. The average molecular weight is 246 g/mol. The minimum Gasteiger partial charge on any atom is -0.381 e. The van der Waals surface area contributed by atoms with Crippen LogP contribution in [0.4, 0.5) is 5.69 Å². The van der Waals surface area contributed by atoms with Crippen LogP contribution in [0, 0.1) is 24.7 Å². The molecule has 0 aromatic carbocycles. The predicted molar refractivity (Wildman–Crippen MR) is 77.7 cm³/mol. The van der Waals surface area contributed by atoms with Crippen LogP contribution in [0.1, 0.15) is 45.6 Å². The zero-order valence-electron chi connectivity index (χ0n) is 12.1. The highest BCUT2D eigenvalue weighted by Gasteiger charge is 2.30. The molecule has 1 aliphatic rings. The van der Waals surface area contributed by atoms with Crippen molar-refractivity contribution in [3.05, 3.63) is 24.0 Å². The van der Waals surface area contributed by atoms with Gasteiger partial charge in [-0.05, 0) is 49.1 Å². The first-order valence-corrected chi connectivity index (χ1v) is 7.24. The van der Waals surface area contributed by atoms with Crippen molar-refractivity contribution in [3.8, 4) is 0 Å². The van der Waals surface area contributed by atoms with Crippen molar-refractivity contribution >= 4 is 5.69 Å². The molecule has 0 bridgehead atoms. The summed E-state index contributed by atoms with van der Waals surface area (Å²) in [4.78, 5) is 4.28. The van der Waals surface area contributed by atoms with Crippen LogP contribution in [0.2, 0.25) is 0 Å². The monoisotopic (exact) mass is 246 g/mol. The van der Waals surface area contributed by atoms with E-state index < -0.39 is 0 Å². The lowest BCUT2D eigenvalue weighted by Gasteiger charge is -2.38. The largest absolute Gasteiger partial charge is 0.381 e. The molecule has 1 heterocycles. The number of rotatable bonds is 3. The van der Waals surface area contributed by atoms with Gasteiger partial charge in [-0.15, -0.1) is 0 Å². The first kappa shape index (κ1) is 13.4. The van der Waals surface area contributed by atoms with Crippen LogP contribution in [-0.2, 0) is 0 Å². The smallest absolute Gasteiger partial charge is 0.0531 e. The van der Waals surface area contributed by atoms with Crippen molar-refractivity contribution in [2.24, 2.45) is 17.8 Å². The highest BCUT2D eigenvalue weighted by atomic mass is 14.9. The third-order valence-corrected chi connectivity index (χ3v) is 4.25. The molecular formula is C16H26N2. The van der Waals surface area contributed by atoms with Gasteiger partial charge in [0.15, 0.2) is 0 Å². The summed E-state index contributed by atoms with van der Waals surface area (Å²) in [7, 11) is 0. The summed E-state index contributed by atoms with van der Waals surface area (Å²) in [5, 5.41) is 3.72. The van der Waals surface area contributed by atoms with Gasteiger partial charge in [0.1, 0.15) is 0 Å². The molecule has 0 saturated heterocycles. The Kier molecular flexibility index (Phi) is 4.26. The number of hydrogen-bond donors (Lipinski definition) is 1. The molecule has 0 spiro atoms. The highest BCUT2D eigenvalue weighted by Crippen LogP contribution is 2.35. The van der Waals surface area contributed by atoms with E-state index in [4.69, 9.17) is 0 Å². The second-order valence-electron chi connectivity index (χ2n) is 6.33. The third kappa shape index (κ3) is 3.24. The first-order chi connectivity index (χ1) is 8.56.